The average Bonchev–Trinajstić information content (AvgIpc) is 2.95. The highest BCUT2D eigenvalue weighted by molar-refractivity contribution is 7.78. The van der Waals surface area contributed by atoms with Crippen LogP contribution in [-0.4, -0.2) is 126 Å². The maximum absolute atomic E-state index is 11.5. The van der Waals surface area contributed by atoms with Gasteiger partial charge in [0.15, 0.2) is 5.69 Å². The van der Waals surface area contributed by atoms with Gasteiger partial charge in [0, 0.05) is 39.3 Å². The molecule has 1 aliphatic heterocycles. The van der Waals surface area contributed by atoms with Crippen LogP contribution in [0.25, 0.3) is 0 Å². The van der Waals surface area contributed by atoms with Crippen molar-refractivity contribution in [1.82, 2.24) is 19.8 Å². The van der Waals surface area contributed by atoms with Crippen molar-refractivity contribution < 1.29 is 38.7 Å². The molecule has 0 bridgehead atoms. The van der Waals surface area contributed by atoms with Crippen molar-refractivity contribution in [3.8, 4) is 0 Å². The van der Waals surface area contributed by atoms with Gasteiger partial charge in [0.25, 0.3) is 0 Å². The first-order valence-corrected chi connectivity index (χ1v) is 13.6. The zero-order valence-corrected chi connectivity index (χ0v) is 23.6. The van der Waals surface area contributed by atoms with Gasteiger partial charge < -0.3 is 29.2 Å². The molecule has 0 amide bonds. The van der Waals surface area contributed by atoms with Crippen molar-refractivity contribution >= 4 is 35.0 Å². The Morgan fingerprint density at radius 3 is 1.78 bits per heavy atom. The monoisotopic (exact) mass is 589 g/mol. The Labute approximate surface area is 243 Å². The molecule has 1 fully saturated rings. The standard InChI is InChI=1S/C27H35N5O8S/c33-26(34)24-3-1-2-21(29-24)18-31-4-8-37-9-5-32(7-11-39-13-15-40-14-12-38-10-6-31)19-23-16-22(28-20-41)17-25(30-23)27(35)36/h1-3,16-17H,4-15,18-19H2,(H,33,34)(H,35,36). The molecule has 1 aliphatic rings. The van der Waals surface area contributed by atoms with Crippen LogP contribution in [0.4, 0.5) is 5.69 Å². The number of pyridine rings is 2. The average molecular weight is 590 g/mol. The van der Waals surface area contributed by atoms with Gasteiger partial charge in [-0.25, -0.2) is 19.6 Å². The molecule has 13 nitrogen and oxygen atoms in total. The Kier molecular flexibility index (Phi) is 14.4. The van der Waals surface area contributed by atoms with Crippen molar-refractivity contribution in [3.05, 3.63) is 53.1 Å². The molecule has 2 N–H and O–H groups in total. The van der Waals surface area contributed by atoms with Gasteiger partial charge in [-0.1, -0.05) is 6.07 Å². The van der Waals surface area contributed by atoms with Gasteiger partial charge in [-0.3, -0.25) is 9.80 Å². The fourth-order valence-corrected chi connectivity index (χ4v) is 4.09. The number of thiocarbonyl (C=S) groups is 1. The third-order valence-corrected chi connectivity index (χ3v) is 6.10. The predicted octanol–water partition coefficient (Wildman–Crippen LogP) is 1.99. The van der Waals surface area contributed by atoms with Gasteiger partial charge in [0.2, 0.25) is 0 Å². The smallest absolute Gasteiger partial charge is 0.354 e. The molecule has 0 saturated carbocycles. The molecule has 222 valence electrons. The molecule has 14 heteroatoms. The Hall–Kier alpha value is -3.20. The fraction of sp³-hybridized carbons (Fsp3) is 0.519. The van der Waals surface area contributed by atoms with Crippen LogP contribution >= 0.6 is 12.2 Å². The van der Waals surface area contributed by atoms with E-state index in [1.807, 2.05) is 0 Å². The number of isothiocyanates is 1. The molecule has 1 saturated heterocycles. The van der Waals surface area contributed by atoms with Crippen LogP contribution in [0.3, 0.4) is 0 Å². The van der Waals surface area contributed by atoms with Crippen LogP contribution in [0, 0.1) is 0 Å². The lowest BCUT2D eigenvalue weighted by molar-refractivity contribution is -0.000371. The summed E-state index contributed by atoms with van der Waals surface area (Å²) in [6, 6.07) is 7.97. The largest absolute Gasteiger partial charge is 0.477 e. The molecule has 0 unspecified atom stereocenters. The second kappa shape index (κ2) is 18.3. The van der Waals surface area contributed by atoms with Gasteiger partial charge >= 0.3 is 11.9 Å². The van der Waals surface area contributed by atoms with E-state index in [1.165, 1.54) is 12.1 Å². The van der Waals surface area contributed by atoms with Crippen LogP contribution < -0.4 is 0 Å². The molecular weight excluding hydrogens is 554 g/mol. The summed E-state index contributed by atoms with van der Waals surface area (Å²) in [5, 5.41) is 21.0. The summed E-state index contributed by atoms with van der Waals surface area (Å²) in [6.45, 7) is 6.65. The van der Waals surface area contributed by atoms with Gasteiger partial charge in [-0.15, -0.1) is 0 Å². The Balaban J connectivity index is 1.63. The van der Waals surface area contributed by atoms with Gasteiger partial charge in [0.1, 0.15) is 5.69 Å². The minimum absolute atomic E-state index is 0.00202. The number of aromatic carboxylic acids is 2. The van der Waals surface area contributed by atoms with Crippen molar-refractivity contribution in [2.24, 2.45) is 4.99 Å². The lowest BCUT2D eigenvalue weighted by Gasteiger charge is -2.24. The van der Waals surface area contributed by atoms with Gasteiger partial charge in [-0.2, -0.15) is 4.99 Å². The van der Waals surface area contributed by atoms with E-state index in [9.17, 15) is 19.8 Å². The van der Waals surface area contributed by atoms with Crippen molar-refractivity contribution in [1.29, 1.82) is 0 Å². The normalized spacial score (nSPS) is 17.6. The molecule has 0 aliphatic carbocycles. The number of aromatic nitrogens is 2. The minimum atomic E-state index is -1.15. The van der Waals surface area contributed by atoms with Crippen LogP contribution in [0.15, 0.2) is 35.3 Å². The highest BCUT2D eigenvalue weighted by Crippen LogP contribution is 2.16. The Morgan fingerprint density at radius 2 is 1.24 bits per heavy atom. The number of rotatable bonds is 7. The first-order valence-electron chi connectivity index (χ1n) is 13.2. The van der Waals surface area contributed by atoms with Gasteiger partial charge in [-0.05, 0) is 36.5 Å². The molecule has 2 aromatic rings. The number of nitrogens with zero attached hydrogens (tertiary/aromatic N) is 5. The molecular formula is C27H35N5O8S. The topological polar surface area (TPSA) is 156 Å². The second-order valence-corrected chi connectivity index (χ2v) is 9.21. The number of aliphatic imine (C=N–C) groups is 1. The number of ether oxygens (including phenoxy) is 4. The number of hydrogen-bond acceptors (Lipinski definition) is 12. The van der Waals surface area contributed by atoms with Crippen molar-refractivity contribution in [2.45, 2.75) is 13.1 Å². The number of hydrogen-bond donors (Lipinski definition) is 2. The molecule has 0 aromatic carbocycles. The summed E-state index contributed by atoms with van der Waals surface area (Å²) in [5.74, 6) is -2.22. The Morgan fingerprint density at radius 1 is 0.756 bits per heavy atom. The van der Waals surface area contributed by atoms with E-state index >= 15 is 0 Å². The molecule has 0 spiro atoms. The molecule has 41 heavy (non-hydrogen) atoms. The fourth-order valence-electron chi connectivity index (χ4n) is 3.98. The lowest BCUT2D eigenvalue weighted by Crippen LogP contribution is -2.34. The van der Waals surface area contributed by atoms with Crippen LogP contribution in [0.1, 0.15) is 32.4 Å². The van der Waals surface area contributed by atoms with Crippen LogP contribution in [-0.2, 0) is 32.0 Å². The first kappa shape index (κ1) is 32.3. The molecule has 3 heterocycles. The first-order chi connectivity index (χ1) is 19.9. The minimum Gasteiger partial charge on any atom is -0.477 e. The third kappa shape index (κ3) is 12.5. The summed E-state index contributed by atoms with van der Waals surface area (Å²) in [4.78, 5) is 39.4. The number of carbonyl (C=O) groups is 2. The van der Waals surface area contributed by atoms with Gasteiger partial charge in [0.05, 0.1) is 75.1 Å². The van der Waals surface area contributed by atoms with E-state index < -0.39 is 11.9 Å². The predicted molar refractivity (Wildman–Crippen MR) is 151 cm³/mol. The second-order valence-electron chi connectivity index (χ2n) is 9.03. The molecule has 2 aromatic heterocycles. The lowest BCUT2D eigenvalue weighted by atomic mass is 10.2. The summed E-state index contributed by atoms with van der Waals surface area (Å²) in [6.07, 6.45) is 0. The molecule has 3 rings (SSSR count). The Bertz CT molecular complexity index is 1160. The number of carboxylic acids is 2. The molecule has 0 radical (unpaired) electrons. The number of carboxylic acid groups (broad SMARTS) is 2. The van der Waals surface area contributed by atoms with Crippen LogP contribution in [0.2, 0.25) is 0 Å². The highest BCUT2D eigenvalue weighted by atomic mass is 32.1. The van der Waals surface area contributed by atoms with E-state index in [0.29, 0.717) is 109 Å². The SMILES string of the molecule is O=C(O)c1cccc(CN2CCOCCOCCOCCN(Cc3cc(N=C=S)cc(C(=O)O)n3)CCOCC2)n1. The molecule has 0 atom stereocenters. The van der Waals surface area contributed by atoms with E-state index in [-0.39, 0.29) is 11.4 Å². The summed E-state index contributed by atoms with van der Waals surface area (Å²) in [7, 11) is 0. The van der Waals surface area contributed by atoms with E-state index in [2.05, 4.69) is 42.1 Å². The zero-order valence-electron chi connectivity index (χ0n) is 22.8. The maximum atomic E-state index is 11.5. The summed E-state index contributed by atoms with van der Waals surface area (Å²) < 4.78 is 22.9. The quantitative estimate of drug-likeness (QED) is 0.357. The van der Waals surface area contributed by atoms with E-state index in [4.69, 9.17) is 18.9 Å². The van der Waals surface area contributed by atoms with E-state index in [1.54, 1.807) is 18.2 Å². The highest BCUT2D eigenvalue weighted by Gasteiger charge is 2.14. The van der Waals surface area contributed by atoms with Crippen molar-refractivity contribution in [3.63, 3.8) is 0 Å². The maximum Gasteiger partial charge on any atom is 0.354 e. The summed E-state index contributed by atoms with van der Waals surface area (Å²) in [5.41, 5.74) is 1.43. The van der Waals surface area contributed by atoms with E-state index in [0.717, 1.165) is 0 Å². The van der Waals surface area contributed by atoms with Crippen LogP contribution in [0.5, 0.6) is 0 Å². The third-order valence-electron chi connectivity index (χ3n) is 6.01. The zero-order chi connectivity index (χ0) is 29.3. The summed E-state index contributed by atoms with van der Waals surface area (Å²) >= 11 is 4.67. The van der Waals surface area contributed by atoms with Crippen molar-refractivity contribution in [2.75, 3.05) is 79.0 Å².